The number of anilines is 1. The number of piperidine rings is 1. The van der Waals surface area contributed by atoms with Crippen molar-refractivity contribution >= 4 is 17.6 Å². The Balaban J connectivity index is 1.61. The Morgan fingerprint density at radius 3 is 2.52 bits per heavy atom. The van der Waals surface area contributed by atoms with Crippen LogP contribution in [0.5, 0.6) is 0 Å². The van der Waals surface area contributed by atoms with Crippen molar-refractivity contribution in [2.45, 2.75) is 25.7 Å². The van der Waals surface area contributed by atoms with Crippen LogP contribution in [0.25, 0.3) is 0 Å². The molecule has 2 N–H and O–H groups in total. The highest BCUT2D eigenvalue weighted by atomic mass is 16.5. The highest BCUT2D eigenvalue weighted by Gasteiger charge is 2.25. The highest BCUT2D eigenvalue weighted by molar-refractivity contribution is 5.98. The van der Waals surface area contributed by atoms with Crippen LogP contribution >= 0.6 is 0 Å². The molecule has 0 spiro atoms. The van der Waals surface area contributed by atoms with Crippen molar-refractivity contribution in [3.05, 3.63) is 64.7 Å². The van der Waals surface area contributed by atoms with Crippen molar-refractivity contribution < 1.29 is 14.3 Å². The summed E-state index contributed by atoms with van der Waals surface area (Å²) in [5.41, 5.74) is 3.94. The summed E-state index contributed by atoms with van der Waals surface area (Å²) in [4.78, 5) is 27.0. The van der Waals surface area contributed by atoms with E-state index in [0.717, 1.165) is 18.4 Å². The first kappa shape index (κ1) is 22.3. The molecule has 0 saturated carbocycles. The summed E-state index contributed by atoms with van der Waals surface area (Å²) in [7, 11) is 1.57. The first-order chi connectivity index (χ1) is 15.0. The van der Waals surface area contributed by atoms with Gasteiger partial charge in [0.1, 0.15) is 0 Å². The molecule has 0 aliphatic carbocycles. The van der Waals surface area contributed by atoms with Crippen LogP contribution in [-0.4, -0.2) is 50.2 Å². The summed E-state index contributed by atoms with van der Waals surface area (Å²) >= 11 is 0. The van der Waals surface area contributed by atoms with Crippen molar-refractivity contribution in [1.82, 2.24) is 10.2 Å². The molecule has 1 saturated heterocycles. The Morgan fingerprint density at radius 1 is 1.16 bits per heavy atom. The number of benzene rings is 2. The van der Waals surface area contributed by atoms with Crippen molar-refractivity contribution in [3.8, 4) is 6.07 Å². The number of urea groups is 1. The summed E-state index contributed by atoms with van der Waals surface area (Å²) < 4.78 is 4.92. The van der Waals surface area contributed by atoms with Gasteiger partial charge in [-0.05, 0) is 61.1 Å². The third-order valence-electron chi connectivity index (χ3n) is 5.61. The monoisotopic (exact) mass is 420 g/mol. The zero-order chi connectivity index (χ0) is 22.2. The molecule has 3 rings (SSSR count). The van der Waals surface area contributed by atoms with Gasteiger partial charge in [-0.1, -0.05) is 18.2 Å². The van der Waals surface area contributed by atoms with E-state index in [1.54, 1.807) is 19.2 Å². The molecule has 31 heavy (non-hydrogen) atoms. The number of methoxy groups -OCH3 is 1. The second kappa shape index (κ2) is 10.6. The number of amides is 3. The smallest absolute Gasteiger partial charge is 0.319 e. The molecule has 7 heteroatoms. The Labute approximate surface area is 183 Å². The van der Waals surface area contributed by atoms with Crippen LogP contribution in [0.1, 0.15) is 45.8 Å². The fourth-order valence-electron chi connectivity index (χ4n) is 3.79. The van der Waals surface area contributed by atoms with Crippen LogP contribution in [0, 0.1) is 18.3 Å². The Hall–Kier alpha value is -3.37. The van der Waals surface area contributed by atoms with Gasteiger partial charge in [0.05, 0.1) is 18.2 Å². The van der Waals surface area contributed by atoms with Crippen LogP contribution in [-0.2, 0) is 4.74 Å². The van der Waals surface area contributed by atoms with E-state index in [1.807, 2.05) is 42.2 Å². The molecular weight excluding hydrogens is 392 g/mol. The summed E-state index contributed by atoms with van der Waals surface area (Å²) in [5.74, 6) is 0.376. The predicted molar refractivity (Wildman–Crippen MR) is 119 cm³/mol. The van der Waals surface area contributed by atoms with E-state index in [1.165, 1.54) is 5.56 Å². The van der Waals surface area contributed by atoms with Crippen molar-refractivity contribution in [3.63, 3.8) is 0 Å². The number of rotatable bonds is 6. The molecule has 162 valence electrons. The Morgan fingerprint density at radius 2 is 1.87 bits per heavy atom. The molecule has 1 aliphatic heterocycles. The fourth-order valence-corrected chi connectivity index (χ4v) is 3.79. The first-order valence-electron chi connectivity index (χ1n) is 10.5. The lowest BCUT2D eigenvalue weighted by molar-refractivity contribution is 0.0712. The van der Waals surface area contributed by atoms with Gasteiger partial charge in [0, 0.05) is 38.0 Å². The zero-order valence-electron chi connectivity index (χ0n) is 18.0. The van der Waals surface area contributed by atoms with E-state index in [4.69, 9.17) is 10.00 Å². The van der Waals surface area contributed by atoms with Crippen molar-refractivity contribution in [2.75, 3.05) is 38.7 Å². The normalized spacial score (nSPS) is 14.0. The molecule has 0 bridgehead atoms. The van der Waals surface area contributed by atoms with Crippen LogP contribution in [0.2, 0.25) is 0 Å². The van der Waals surface area contributed by atoms with Crippen molar-refractivity contribution in [1.29, 1.82) is 5.26 Å². The second-order valence-corrected chi connectivity index (χ2v) is 7.70. The Kier molecular flexibility index (Phi) is 7.63. The molecule has 1 heterocycles. The maximum absolute atomic E-state index is 13.1. The minimum Gasteiger partial charge on any atom is -0.383 e. The summed E-state index contributed by atoms with van der Waals surface area (Å²) in [6.07, 6.45) is 1.77. The van der Waals surface area contributed by atoms with Gasteiger partial charge in [0.15, 0.2) is 0 Å². The van der Waals surface area contributed by atoms with Gasteiger partial charge in [-0.15, -0.1) is 0 Å². The van der Waals surface area contributed by atoms with E-state index in [2.05, 4.69) is 16.7 Å². The number of nitrogens with zero attached hydrogens (tertiary/aromatic N) is 2. The molecular formula is C24H28N4O3. The minimum atomic E-state index is -0.331. The average Bonchev–Trinajstić information content (AvgIpc) is 2.80. The van der Waals surface area contributed by atoms with Crippen molar-refractivity contribution in [2.24, 2.45) is 0 Å². The number of nitriles is 1. The van der Waals surface area contributed by atoms with Crippen LogP contribution in [0.3, 0.4) is 0 Å². The standard InChI is InChI=1S/C24H28N4O3/c1-17-3-8-21(27-24(30)26-11-14-31-2)15-22(17)23(29)28-12-9-20(10-13-28)19-6-4-18(16-25)5-7-19/h3-8,15,20H,9-14H2,1-2H3,(H2,26,27,30). The highest BCUT2D eigenvalue weighted by Crippen LogP contribution is 2.29. The number of hydrogen-bond donors (Lipinski definition) is 2. The molecule has 7 nitrogen and oxygen atoms in total. The fraction of sp³-hybridized carbons (Fsp3) is 0.375. The van der Waals surface area contributed by atoms with Crippen LogP contribution in [0.4, 0.5) is 10.5 Å². The van der Waals surface area contributed by atoms with E-state index in [9.17, 15) is 9.59 Å². The third kappa shape index (κ3) is 5.83. The number of carbonyl (C=O) groups is 2. The summed E-state index contributed by atoms with van der Waals surface area (Å²) in [5, 5.41) is 14.4. The van der Waals surface area contributed by atoms with Gasteiger partial charge < -0.3 is 20.3 Å². The maximum atomic E-state index is 13.1. The average molecular weight is 421 g/mol. The summed E-state index contributed by atoms with van der Waals surface area (Å²) in [6.45, 7) is 4.10. The van der Waals surface area contributed by atoms with E-state index < -0.39 is 0 Å². The van der Waals surface area contributed by atoms with Gasteiger partial charge in [0.25, 0.3) is 5.91 Å². The molecule has 0 radical (unpaired) electrons. The maximum Gasteiger partial charge on any atom is 0.319 e. The van der Waals surface area contributed by atoms with Crippen LogP contribution < -0.4 is 10.6 Å². The van der Waals surface area contributed by atoms with Gasteiger partial charge in [-0.2, -0.15) is 5.26 Å². The molecule has 0 unspecified atom stereocenters. The van der Waals surface area contributed by atoms with Gasteiger partial charge in [-0.25, -0.2) is 4.79 Å². The predicted octanol–water partition coefficient (Wildman–Crippen LogP) is 3.65. The molecule has 0 atom stereocenters. The molecule has 2 aromatic rings. The number of ether oxygens (including phenoxy) is 1. The van der Waals surface area contributed by atoms with E-state index in [0.29, 0.717) is 49.0 Å². The largest absolute Gasteiger partial charge is 0.383 e. The molecule has 1 fully saturated rings. The molecule has 0 aromatic heterocycles. The number of aryl methyl sites for hydroxylation is 1. The van der Waals surface area contributed by atoms with Gasteiger partial charge in [-0.3, -0.25) is 4.79 Å². The number of nitrogens with one attached hydrogen (secondary N) is 2. The van der Waals surface area contributed by atoms with Gasteiger partial charge >= 0.3 is 6.03 Å². The number of likely N-dealkylation sites (tertiary alicyclic amines) is 1. The lowest BCUT2D eigenvalue weighted by Gasteiger charge is -2.32. The number of carbonyl (C=O) groups excluding carboxylic acids is 2. The number of hydrogen-bond acceptors (Lipinski definition) is 4. The molecule has 3 amide bonds. The lowest BCUT2D eigenvalue weighted by atomic mass is 9.88. The lowest BCUT2D eigenvalue weighted by Crippen LogP contribution is -2.38. The van der Waals surface area contributed by atoms with Gasteiger partial charge in [0.2, 0.25) is 0 Å². The van der Waals surface area contributed by atoms with Crippen LogP contribution in [0.15, 0.2) is 42.5 Å². The SMILES string of the molecule is COCCNC(=O)Nc1ccc(C)c(C(=O)N2CCC(c3ccc(C#N)cc3)CC2)c1. The minimum absolute atomic E-state index is 0.0146. The van der Waals surface area contributed by atoms with E-state index in [-0.39, 0.29) is 11.9 Å². The topological polar surface area (TPSA) is 94.5 Å². The summed E-state index contributed by atoms with van der Waals surface area (Å²) in [6, 6.07) is 14.9. The second-order valence-electron chi connectivity index (χ2n) is 7.70. The first-order valence-corrected chi connectivity index (χ1v) is 10.5. The zero-order valence-corrected chi connectivity index (χ0v) is 18.0. The quantitative estimate of drug-likeness (QED) is 0.698. The Bertz CT molecular complexity index is 958. The third-order valence-corrected chi connectivity index (χ3v) is 5.61. The molecule has 2 aromatic carbocycles. The van der Waals surface area contributed by atoms with E-state index >= 15 is 0 Å². The molecule has 1 aliphatic rings.